The lowest BCUT2D eigenvalue weighted by Gasteiger charge is -2.20. The van der Waals surface area contributed by atoms with Gasteiger partial charge >= 0.3 is 0 Å². The molecule has 1 atom stereocenters. The van der Waals surface area contributed by atoms with Gasteiger partial charge < -0.3 is 15.5 Å². The van der Waals surface area contributed by atoms with E-state index in [1.807, 2.05) is 7.05 Å². The van der Waals surface area contributed by atoms with Crippen LogP contribution in [0.3, 0.4) is 0 Å². The molecule has 4 nitrogen and oxygen atoms in total. The third kappa shape index (κ3) is 6.06. The second kappa shape index (κ2) is 8.55. The van der Waals surface area contributed by atoms with Crippen LogP contribution in [0.5, 0.6) is 0 Å². The highest BCUT2D eigenvalue weighted by Crippen LogP contribution is 2.12. The van der Waals surface area contributed by atoms with Gasteiger partial charge in [0.1, 0.15) is 0 Å². The van der Waals surface area contributed by atoms with Gasteiger partial charge in [0.05, 0.1) is 0 Å². The molecule has 0 aliphatic heterocycles. The van der Waals surface area contributed by atoms with Gasteiger partial charge in [0.25, 0.3) is 0 Å². The second-order valence-corrected chi connectivity index (χ2v) is 5.99. The van der Waals surface area contributed by atoms with E-state index in [2.05, 4.69) is 79.7 Å². The van der Waals surface area contributed by atoms with E-state index in [9.17, 15) is 0 Å². The van der Waals surface area contributed by atoms with Crippen molar-refractivity contribution in [2.45, 2.75) is 33.2 Å². The number of guanidine groups is 1. The third-order valence-corrected chi connectivity index (χ3v) is 3.75. The largest absolute Gasteiger partial charge is 0.378 e. The molecule has 0 amide bonds. The number of aliphatic imine (C=N–C) groups is 1. The first-order valence-electron chi connectivity index (χ1n) is 7.67. The summed E-state index contributed by atoms with van der Waals surface area (Å²) in [6, 6.07) is 9.09. The molecule has 1 unspecified atom stereocenters. The van der Waals surface area contributed by atoms with E-state index in [0.29, 0.717) is 12.0 Å². The van der Waals surface area contributed by atoms with Gasteiger partial charge in [0.15, 0.2) is 5.96 Å². The maximum absolute atomic E-state index is 4.27. The number of benzene rings is 1. The molecule has 0 bridgehead atoms. The Morgan fingerprint density at radius 1 is 1.14 bits per heavy atom. The SMILES string of the molecule is CN=C(NCCc1ccc(N(C)C)cc1)NC(C)C(C)C. The molecule has 1 rings (SSSR count). The Hall–Kier alpha value is -1.71. The summed E-state index contributed by atoms with van der Waals surface area (Å²) >= 11 is 0. The van der Waals surface area contributed by atoms with Crippen LogP contribution in [0.1, 0.15) is 26.3 Å². The van der Waals surface area contributed by atoms with E-state index in [0.717, 1.165) is 18.9 Å². The standard InChI is InChI=1S/C17H30N4/c1-13(2)14(3)20-17(18-4)19-12-11-15-7-9-16(10-8-15)21(5)6/h7-10,13-14H,11-12H2,1-6H3,(H2,18,19,20). The van der Waals surface area contributed by atoms with Gasteiger partial charge in [-0.15, -0.1) is 0 Å². The van der Waals surface area contributed by atoms with Gasteiger partial charge in [0.2, 0.25) is 0 Å². The first-order chi connectivity index (χ1) is 9.93. The summed E-state index contributed by atoms with van der Waals surface area (Å²) < 4.78 is 0. The van der Waals surface area contributed by atoms with Crippen LogP contribution < -0.4 is 15.5 Å². The van der Waals surface area contributed by atoms with Crippen LogP contribution in [-0.2, 0) is 6.42 Å². The summed E-state index contributed by atoms with van der Waals surface area (Å²) in [6.45, 7) is 7.47. The molecule has 0 aliphatic carbocycles. The van der Waals surface area contributed by atoms with Crippen LogP contribution in [0.25, 0.3) is 0 Å². The average molecular weight is 290 g/mol. The molecule has 0 saturated carbocycles. The fraction of sp³-hybridized carbons (Fsp3) is 0.588. The molecule has 0 aromatic heterocycles. The summed E-state index contributed by atoms with van der Waals surface area (Å²) in [6.07, 6.45) is 0.991. The second-order valence-electron chi connectivity index (χ2n) is 5.99. The average Bonchev–Trinajstić information content (AvgIpc) is 2.46. The molecule has 0 fully saturated rings. The van der Waals surface area contributed by atoms with Crippen LogP contribution in [0.4, 0.5) is 5.69 Å². The number of nitrogens with one attached hydrogen (secondary N) is 2. The van der Waals surface area contributed by atoms with Gasteiger partial charge in [-0.05, 0) is 37.0 Å². The van der Waals surface area contributed by atoms with E-state index in [1.54, 1.807) is 0 Å². The molecular formula is C17H30N4. The zero-order valence-corrected chi connectivity index (χ0v) is 14.3. The summed E-state index contributed by atoms with van der Waals surface area (Å²) in [5, 5.41) is 6.78. The lowest BCUT2D eigenvalue weighted by atomic mass is 10.1. The molecule has 2 N–H and O–H groups in total. The van der Waals surface area contributed by atoms with Crippen LogP contribution in [0.15, 0.2) is 29.3 Å². The predicted octanol–water partition coefficient (Wildman–Crippen LogP) is 2.50. The van der Waals surface area contributed by atoms with Crippen molar-refractivity contribution in [2.75, 3.05) is 32.6 Å². The predicted molar refractivity (Wildman–Crippen MR) is 93.3 cm³/mol. The smallest absolute Gasteiger partial charge is 0.191 e. The summed E-state index contributed by atoms with van der Waals surface area (Å²) in [7, 11) is 5.93. The highest BCUT2D eigenvalue weighted by atomic mass is 15.2. The zero-order valence-electron chi connectivity index (χ0n) is 14.3. The minimum atomic E-state index is 0.413. The summed E-state index contributed by atoms with van der Waals surface area (Å²) in [5.41, 5.74) is 2.57. The van der Waals surface area contributed by atoms with Crippen LogP contribution >= 0.6 is 0 Å². The van der Waals surface area contributed by atoms with Crippen molar-refractivity contribution < 1.29 is 0 Å². The normalized spacial score (nSPS) is 13.2. The maximum atomic E-state index is 4.27. The van der Waals surface area contributed by atoms with Crippen molar-refractivity contribution >= 4 is 11.6 Å². The molecule has 1 aromatic rings. The minimum absolute atomic E-state index is 0.413. The van der Waals surface area contributed by atoms with Crippen molar-refractivity contribution in [1.82, 2.24) is 10.6 Å². The highest BCUT2D eigenvalue weighted by Gasteiger charge is 2.08. The van der Waals surface area contributed by atoms with Crippen LogP contribution in [0.2, 0.25) is 0 Å². The molecule has 0 saturated heterocycles. The molecule has 1 aromatic carbocycles. The Bertz CT molecular complexity index is 435. The Balaban J connectivity index is 2.41. The maximum Gasteiger partial charge on any atom is 0.191 e. The third-order valence-electron chi connectivity index (χ3n) is 3.75. The lowest BCUT2D eigenvalue weighted by Crippen LogP contribution is -2.44. The van der Waals surface area contributed by atoms with Gasteiger partial charge in [-0.25, -0.2) is 0 Å². The van der Waals surface area contributed by atoms with E-state index < -0.39 is 0 Å². The van der Waals surface area contributed by atoms with Gasteiger partial charge in [0, 0.05) is 39.4 Å². The quantitative estimate of drug-likeness (QED) is 0.625. The first-order valence-corrected chi connectivity index (χ1v) is 7.67. The van der Waals surface area contributed by atoms with Crippen molar-refractivity contribution in [3.8, 4) is 0 Å². The first kappa shape index (κ1) is 17.3. The van der Waals surface area contributed by atoms with E-state index in [-0.39, 0.29) is 0 Å². The molecule has 0 heterocycles. The Labute approximate surface area is 129 Å². The van der Waals surface area contributed by atoms with Crippen LogP contribution in [-0.4, -0.2) is 39.7 Å². The Kier molecular flexibility index (Phi) is 7.06. The fourth-order valence-electron chi connectivity index (χ4n) is 1.86. The Morgan fingerprint density at radius 3 is 2.24 bits per heavy atom. The van der Waals surface area contributed by atoms with Crippen LogP contribution in [0, 0.1) is 5.92 Å². The molecule has 118 valence electrons. The fourth-order valence-corrected chi connectivity index (χ4v) is 1.86. The molecule has 0 radical (unpaired) electrons. The van der Waals surface area contributed by atoms with E-state index in [1.165, 1.54) is 11.3 Å². The monoisotopic (exact) mass is 290 g/mol. The zero-order chi connectivity index (χ0) is 15.8. The van der Waals surface area contributed by atoms with Crippen molar-refractivity contribution in [3.05, 3.63) is 29.8 Å². The molecule has 4 heteroatoms. The number of nitrogens with zero attached hydrogens (tertiary/aromatic N) is 2. The number of anilines is 1. The molecule has 21 heavy (non-hydrogen) atoms. The minimum Gasteiger partial charge on any atom is -0.378 e. The van der Waals surface area contributed by atoms with Crippen molar-refractivity contribution in [2.24, 2.45) is 10.9 Å². The van der Waals surface area contributed by atoms with Gasteiger partial charge in [-0.2, -0.15) is 0 Å². The summed E-state index contributed by atoms with van der Waals surface area (Å²) in [4.78, 5) is 6.38. The summed E-state index contributed by atoms with van der Waals surface area (Å²) in [5.74, 6) is 1.46. The lowest BCUT2D eigenvalue weighted by molar-refractivity contribution is 0.481. The molecule has 0 aliphatic rings. The van der Waals surface area contributed by atoms with E-state index >= 15 is 0 Å². The van der Waals surface area contributed by atoms with Gasteiger partial charge in [-0.3, -0.25) is 4.99 Å². The molecule has 0 spiro atoms. The van der Waals surface area contributed by atoms with Gasteiger partial charge in [-0.1, -0.05) is 26.0 Å². The number of hydrogen-bond donors (Lipinski definition) is 2. The molecular weight excluding hydrogens is 260 g/mol. The number of rotatable bonds is 6. The number of hydrogen-bond acceptors (Lipinski definition) is 2. The van der Waals surface area contributed by atoms with Crippen molar-refractivity contribution in [1.29, 1.82) is 0 Å². The highest BCUT2D eigenvalue weighted by molar-refractivity contribution is 5.79. The van der Waals surface area contributed by atoms with E-state index in [4.69, 9.17) is 0 Å². The Morgan fingerprint density at radius 2 is 1.76 bits per heavy atom. The topological polar surface area (TPSA) is 39.7 Å². The van der Waals surface area contributed by atoms with Crippen molar-refractivity contribution in [3.63, 3.8) is 0 Å².